The lowest BCUT2D eigenvalue weighted by Crippen LogP contribution is -2.46. The van der Waals surface area contributed by atoms with Gasteiger partial charge in [0.15, 0.2) is 12.7 Å². The standard InChI is InChI=1S/C28H30N2O5/c1-18-6-10-23(11-7-18)33-14-13-30-24-16-22(9-12-25(24)35-21(4)28(30)32)29-27(31)17-34-26-15-19(2)5-8-20(26)3/h5-12,15-16,21H,13-14,17H2,1-4H3,(H,29,31). The maximum atomic E-state index is 12.9. The summed E-state index contributed by atoms with van der Waals surface area (Å²) in [5.74, 6) is 1.55. The minimum Gasteiger partial charge on any atom is -0.492 e. The molecule has 182 valence electrons. The van der Waals surface area contributed by atoms with Crippen molar-refractivity contribution in [1.82, 2.24) is 0 Å². The number of fused-ring (bicyclic) bond motifs is 1. The lowest BCUT2D eigenvalue weighted by molar-refractivity contribution is -0.125. The Bertz CT molecular complexity index is 1220. The SMILES string of the molecule is Cc1ccc(OCCN2C(=O)C(C)Oc3ccc(NC(=O)COc4cc(C)ccc4C)cc32)cc1. The predicted molar refractivity (Wildman–Crippen MR) is 136 cm³/mol. The summed E-state index contributed by atoms with van der Waals surface area (Å²) in [6.45, 7) is 8.19. The molecular weight excluding hydrogens is 444 g/mol. The van der Waals surface area contributed by atoms with E-state index in [4.69, 9.17) is 14.2 Å². The van der Waals surface area contributed by atoms with Crippen molar-refractivity contribution < 1.29 is 23.8 Å². The van der Waals surface area contributed by atoms with E-state index in [2.05, 4.69) is 5.32 Å². The van der Waals surface area contributed by atoms with Crippen LogP contribution in [0.25, 0.3) is 0 Å². The zero-order valence-electron chi connectivity index (χ0n) is 20.5. The van der Waals surface area contributed by atoms with Crippen LogP contribution >= 0.6 is 0 Å². The molecule has 1 N–H and O–H groups in total. The molecule has 3 aromatic rings. The highest BCUT2D eigenvalue weighted by molar-refractivity contribution is 6.01. The Kier molecular flexibility index (Phi) is 7.25. The monoisotopic (exact) mass is 474 g/mol. The number of carbonyl (C=O) groups is 2. The molecule has 0 radical (unpaired) electrons. The van der Waals surface area contributed by atoms with E-state index in [1.807, 2.05) is 63.2 Å². The molecule has 2 amide bonds. The van der Waals surface area contributed by atoms with Crippen molar-refractivity contribution >= 4 is 23.2 Å². The van der Waals surface area contributed by atoms with Crippen LogP contribution in [0.15, 0.2) is 60.7 Å². The molecule has 1 heterocycles. The van der Waals surface area contributed by atoms with E-state index in [0.29, 0.717) is 36.0 Å². The fraction of sp³-hybridized carbons (Fsp3) is 0.286. The third-order valence-electron chi connectivity index (χ3n) is 5.76. The molecule has 0 aromatic heterocycles. The average molecular weight is 475 g/mol. The van der Waals surface area contributed by atoms with Gasteiger partial charge in [0.2, 0.25) is 0 Å². The van der Waals surface area contributed by atoms with E-state index in [1.54, 1.807) is 30.0 Å². The van der Waals surface area contributed by atoms with Gasteiger partial charge in [0, 0.05) is 5.69 Å². The van der Waals surface area contributed by atoms with E-state index in [9.17, 15) is 9.59 Å². The van der Waals surface area contributed by atoms with Crippen LogP contribution in [0.4, 0.5) is 11.4 Å². The summed E-state index contributed by atoms with van der Waals surface area (Å²) in [5, 5.41) is 2.84. The van der Waals surface area contributed by atoms with E-state index in [-0.39, 0.29) is 18.4 Å². The van der Waals surface area contributed by atoms with Crippen molar-refractivity contribution in [2.24, 2.45) is 0 Å². The summed E-state index contributed by atoms with van der Waals surface area (Å²) in [4.78, 5) is 27.0. The Labute approximate surface area is 205 Å². The minimum atomic E-state index is -0.603. The van der Waals surface area contributed by atoms with Gasteiger partial charge in [-0.2, -0.15) is 0 Å². The van der Waals surface area contributed by atoms with Crippen LogP contribution in [0.1, 0.15) is 23.6 Å². The van der Waals surface area contributed by atoms with Crippen LogP contribution in [-0.4, -0.2) is 37.7 Å². The van der Waals surface area contributed by atoms with Gasteiger partial charge < -0.3 is 24.4 Å². The van der Waals surface area contributed by atoms with E-state index in [0.717, 1.165) is 22.4 Å². The average Bonchev–Trinajstić information content (AvgIpc) is 2.83. The van der Waals surface area contributed by atoms with Crippen LogP contribution < -0.4 is 24.4 Å². The van der Waals surface area contributed by atoms with Gasteiger partial charge in [0.05, 0.1) is 12.2 Å². The first-order valence-electron chi connectivity index (χ1n) is 11.6. The number of benzene rings is 3. The number of nitrogens with zero attached hydrogens (tertiary/aromatic N) is 1. The molecule has 1 aliphatic rings. The Balaban J connectivity index is 1.42. The van der Waals surface area contributed by atoms with Crippen LogP contribution in [0.3, 0.4) is 0 Å². The van der Waals surface area contributed by atoms with Gasteiger partial charge in [-0.05, 0) is 75.2 Å². The molecule has 1 atom stereocenters. The third kappa shape index (κ3) is 5.93. The number of ether oxygens (including phenoxy) is 3. The maximum Gasteiger partial charge on any atom is 0.267 e. The van der Waals surface area contributed by atoms with Crippen LogP contribution in [-0.2, 0) is 9.59 Å². The van der Waals surface area contributed by atoms with Crippen LogP contribution in [0.2, 0.25) is 0 Å². The zero-order chi connectivity index (χ0) is 24.9. The number of hydrogen-bond acceptors (Lipinski definition) is 5. The maximum absolute atomic E-state index is 12.9. The topological polar surface area (TPSA) is 77.1 Å². The molecule has 0 saturated heterocycles. The molecule has 0 aliphatic carbocycles. The molecule has 0 saturated carbocycles. The highest BCUT2D eigenvalue weighted by atomic mass is 16.5. The Morgan fingerprint density at radius 3 is 2.49 bits per heavy atom. The number of nitrogens with one attached hydrogen (secondary N) is 1. The molecule has 0 bridgehead atoms. The Morgan fingerprint density at radius 2 is 1.71 bits per heavy atom. The normalized spacial score (nSPS) is 14.7. The van der Waals surface area contributed by atoms with Crippen molar-refractivity contribution in [3.63, 3.8) is 0 Å². The van der Waals surface area contributed by atoms with Crippen LogP contribution in [0.5, 0.6) is 17.2 Å². The van der Waals surface area contributed by atoms with Crippen LogP contribution in [0, 0.1) is 20.8 Å². The predicted octanol–water partition coefficient (Wildman–Crippen LogP) is 4.82. The fourth-order valence-corrected chi connectivity index (χ4v) is 3.81. The zero-order valence-corrected chi connectivity index (χ0v) is 20.5. The summed E-state index contributed by atoms with van der Waals surface area (Å²) >= 11 is 0. The van der Waals surface area contributed by atoms with Crippen molar-refractivity contribution in [2.45, 2.75) is 33.8 Å². The number of hydrogen-bond donors (Lipinski definition) is 1. The first-order chi connectivity index (χ1) is 16.8. The molecule has 0 spiro atoms. The first-order valence-corrected chi connectivity index (χ1v) is 11.6. The van der Waals surface area contributed by atoms with Crippen molar-refractivity contribution in [3.8, 4) is 17.2 Å². The second-order valence-corrected chi connectivity index (χ2v) is 8.70. The third-order valence-corrected chi connectivity index (χ3v) is 5.76. The fourth-order valence-electron chi connectivity index (χ4n) is 3.81. The lowest BCUT2D eigenvalue weighted by Gasteiger charge is -2.33. The number of aryl methyl sites for hydroxylation is 3. The lowest BCUT2D eigenvalue weighted by atomic mass is 10.1. The molecular formula is C28H30N2O5. The van der Waals surface area contributed by atoms with Gasteiger partial charge in [-0.25, -0.2) is 0 Å². The van der Waals surface area contributed by atoms with Gasteiger partial charge in [0.25, 0.3) is 11.8 Å². The summed E-state index contributed by atoms with van der Waals surface area (Å²) in [6, 6.07) is 18.9. The molecule has 3 aromatic carbocycles. The van der Waals surface area contributed by atoms with Gasteiger partial charge in [0.1, 0.15) is 23.9 Å². The Hall–Kier alpha value is -4.00. The molecule has 0 fully saturated rings. The van der Waals surface area contributed by atoms with Gasteiger partial charge in [-0.15, -0.1) is 0 Å². The number of amides is 2. The van der Waals surface area contributed by atoms with E-state index >= 15 is 0 Å². The van der Waals surface area contributed by atoms with Crippen molar-refractivity contribution in [1.29, 1.82) is 0 Å². The van der Waals surface area contributed by atoms with Gasteiger partial charge >= 0.3 is 0 Å². The second kappa shape index (κ2) is 10.5. The highest BCUT2D eigenvalue weighted by Gasteiger charge is 2.31. The molecule has 1 unspecified atom stereocenters. The summed E-state index contributed by atoms with van der Waals surface area (Å²) in [6.07, 6.45) is -0.603. The number of carbonyl (C=O) groups excluding carboxylic acids is 2. The van der Waals surface area contributed by atoms with E-state index < -0.39 is 6.10 Å². The summed E-state index contributed by atoms with van der Waals surface area (Å²) < 4.78 is 17.3. The Morgan fingerprint density at radius 1 is 0.971 bits per heavy atom. The van der Waals surface area contributed by atoms with Crippen molar-refractivity contribution in [3.05, 3.63) is 77.4 Å². The second-order valence-electron chi connectivity index (χ2n) is 8.70. The minimum absolute atomic E-state index is 0.123. The summed E-state index contributed by atoms with van der Waals surface area (Å²) in [5.41, 5.74) is 4.32. The molecule has 1 aliphatic heterocycles. The molecule has 35 heavy (non-hydrogen) atoms. The number of anilines is 2. The molecule has 4 rings (SSSR count). The van der Waals surface area contributed by atoms with Gasteiger partial charge in [-0.3, -0.25) is 9.59 Å². The van der Waals surface area contributed by atoms with Crippen molar-refractivity contribution in [2.75, 3.05) is 30.0 Å². The highest BCUT2D eigenvalue weighted by Crippen LogP contribution is 2.36. The van der Waals surface area contributed by atoms with Gasteiger partial charge in [-0.1, -0.05) is 29.8 Å². The molecule has 7 heteroatoms. The van der Waals surface area contributed by atoms with E-state index in [1.165, 1.54) is 0 Å². The largest absolute Gasteiger partial charge is 0.492 e. The first kappa shape index (κ1) is 24.1. The number of rotatable bonds is 8. The summed E-state index contributed by atoms with van der Waals surface area (Å²) in [7, 11) is 0. The smallest absolute Gasteiger partial charge is 0.267 e. The quantitative estimate of drug-likeness (QED) is 0.506. The molecule has 7 nitrogen and oxygen atoms in total.